The molecule has 0 spiro atoms. The van der Waals surface area contributed by atoms with Crippen molar-refractivity contribution in [3.8, 4) is 22.8 Å². The molecule has 0 amide bonds. The standard InChI is InChI=1S/C18H18ClN3O/c1-3-22(4-2)14-11-9-13(10-12-14)18-20-17(21-23-18)15-7-5-6-8-16(15)19/h5-12H,3-4H2,1-2H3. The summed E-state index contributed by atoms with van der Waals surface area (Å²) in [4.78, 5) is 6.74. The summed E-state index contributed by atoms with van der Waals surface area (Å²) in [6.45, 7) is 6.25. The molecule has 2 aromatic carbocycles. The molecule has 0 unspecified atom stereocenters. The van der Waals surface area contributed by atoms with Gasteiger partial charge in [-0.15, -0.1) is 0 Å². The van der Waals surface area contributed by atoms with E-state index in [1.807, 2.05) is 36.4 Å². The van der Waals surface area contributed by atoms with Crippen LogP contribution < -0.4 is 4.90 Å². The summed E-state index contributed by atoms with van der Waals surface area (Å²) in [5.74, 6) is 0.990. The Morgan fingerprint density at radius 2 is 1.70 bits per heavy atom. The van der Waals surface area contributed by atoms with Crippen molar-refractivity contribution in [3.05, 3.63) is 53.6 Å². The van der Waals surface area contributed by atoms with Crippen LogP contribution in [0.15, 0.2) is 53.1 Å². The van der Waals surface area contributed by atoms with Gasteiger partial charge < -0.3 is 9.42 Å². The first kappa shape index (κ1) is 15.6. The van der Waals surface area contributed by atoms with E-state index >= 15 is 0 Å². The van der Waals surface area contributed by atoms with Crippen molar-refractivity contribution >= 4 is 17.3 Å². The van der Waals surface area contributed by atoms with Crippen LogP contribution in [0.2, 0.25) is 5.02 Å². The van der Waals surface area contributed by atoms with Crippen LogP contribution in [0.25, 0.3) is 22.8 Å². The first-order valence-electron chi connectivity index (χ1n) is 7.67. The number of anilines is 1. The SMILES string of the molecule is CCN(CC)c1ccc(-c2nc(-c3ccccc3Cl)no2)cc1. The summed E-state index contributed by atoms with van der Waals surface area (Å²) in [5.41, 5.74) is 2.85. The molecule has 3 rings (SSSR count). The first-order chi connectivity index (χ1) is 11.2. The lowest BCUT2D eigenvalue weighted by Crippen LogP contribution is -2.21. The monoisotopic (exact) mass is 327 g/mol. The van der Waals surface area contributed by atoms with Crippen molar-refractivity contribution < 1.29 is 4.52 Å². The molecule has 0 aliphatic heterocycles. The summed E-state index contributed by atoms with van der Waals surface area (Å²) >= 11 is 6.17. The minimum atomic E-state index is 0.492. The highest BCUT2D eigenvalue weighted by Crippen LogP contribution is 2.28. The Morgan fingerprint density at radius 3 is 2.35 bits per heavy atom. The number of rotatable bonds is 5. The highest BCUT2D eigenvalue weighted by Gasteiger charge is 2.13. The van der Waals surface area contributed by atoms with Gasteiger partial charge in [0.2, 0.25) is 5.82 Å². The molecule has 0 bridgehead atoms. The van der Waals surface area contributed by atoms with Crippen molar-refractivity contribution in [2.24, 2.45) is 0 Å². The third kappa shape index (κ3) is 3.22. The summed E-state index contributed by atoms with van der Waals surface area (Å²) in [7, 11) is 0. The smallest absolute Gasteiger partial charge is 0.258 e. The Hall–Kier alpha value is -2.33. The van der Waals surface area contributed by atoms with Crippen molar-refractivity contribution in [2.75, 3.05) is 18.0 Å². The van der Waals surface area contributed by atoms with Gasteiger partial charge in [-0.3, -0.25) is 0 Å². The van der Waals surface area contributed by atoms with Gasteiger partial charge in [-0.1, -0.05) is 28.9 Å². The van der Waals surface area contributed by atoms with E-state index in [9.17, 15) is 0 Å². The third-order valence-electron chi connectivity index (χ3n) is 3.78. The fourth-order valence-electron chi connectivity index (χ4n) is 2.50. The summed E-state index contributed by atoms with van der Waals surface area (Å²) in [6, 6.07) is 15.6. The lowest BCUT2D eigenvalue weighted by molar-refractivity contribution is 0.432. The molecule has 0 atom stereocenters. The predicted octanol–water partition coefficient (Wildman–Crippen LogP) is 4.90. The molecular formula is C18H18ClN3O. The molecule has 1 heterocycles. The Kier molecular flexibility index (Phi) is 4.63. The largest absolute Gasteiger partial charge is 0.372 e. The van der Waals surface area contributed by atoms with Crippen LogP contribution in [0.3, 0.4) is 0 Å². The molecule has 5 heteroatoms. The van der Waals surface area contributed by atoms with Crippen LogP contribution in [0, 0.1) is 0 Å². The maximum Gasteiger partial charge on any atom is 0.258 e. The van der Waals surface area contributed by atoms with Crippen LogP contribution in [0.5, 0.6) is 0 Å². The zero-order chi connectivity index (χ0) is 16.2. The molecule has 0 radical (unpaired) electrons. The van der Waals surface area contributed by atoms with E-state index in [1.165, 1.54) is 5.69 Å². The highest BCUT2D eigenvalue weighted by molar-refractivity contribution is 6.33. The topological polar surface area (TPSA) is 42.2 Å². The molecule has 1 aromatic heterocycles. The maximum atomic E-state index is 6.17. The number of halogens is 1. The van der Waals surface area contributed by atoms with Gasteiger partial charge in [-0.05, 0) is 50.2 Å². The maximum absolute atomic E-state index is 6.17. The molecule has 0 fully saturated rings. The number of hydrogen-bond acceptors (Lipinski definition) is 4. The average Bonchev–Trinajstić information content (AvgIpc) is 3.07. The van der Waals surface area contributed by atoms with Gasteiger partial charge in [0, 0.05) is 29.9 Å². The Labute approximate surface area is 140 Å². The second-order valence-electron chi connectivity index (χ2n) is 5.12. The minimum absolute atomic E-state index is 0.492. The number of aromatic nitrogens is 2. The van der Waals surface area contributed by atoms with Crippen LogP contribution >= 0.6 is 11.6 Å². The van der Waals surface area contributed by atoms with Gasteiger partial charge in [0.1, 0.15) is 0 Å². The number of hydrogen-bond donors (Lipinski definition) is 0. The van der Waals surface area contributed by atoms with E-state index in [4.69, 9.17) is 16.1 Å². The van der Waals surface area contributed by atoms with E-state index in [1.54, 1.807) is 0 Å². The summed E-state index contributed by atoms with van der Waals surface area (Å²) < 4.78 is 5.38. The first-order valence-corrected chi connectivity index (χ1v) is 8.04. The average molecular weight is 328 g/mol. The molecule has 0 saturated heterocycles. The normalized spacial score (nSPS) is 10.7. The summed E-state index contributed by atoms with van der Waals surface area (Å²) in [6.07, 6.45) is 0. The minimum Gasteiger partial charge on any atom is -0.372 e. The highest BCUT2D eigenvalue weighted by atomic mass is 35.5. The number of nitrogens with zero attached hydrogens (tertiary/aromatic N) is 3. The van der Waals surface area contributed by atoms with E-state index in [-0.39, 0.29) is 0 Å². The van der Waals surface area contributed by atoms with Gasteiger partial charge >= 0.3 is 0 Å². The van der Waals surface area contributed by atoms with Crippen molar-refractivity contribution in [1.29, 1.82) is 0 Å². The zero-order valence-corrected chi connectivity index (χ0v) is 13.9. The molecular weight excluding hydrogens is 310 g/mol. The van der Waals surface area contributed by atoms with Gasteiger partial charge in [-0.25, -0.2) is 0 Å². The van der Waals surface area contributed by atoms with Crippen LogP contribution in [-0.2, 0) is 0 Å². The molecule has 118 valence electrons. The lowest BCUT2D eigenvalue weighted by atomic mass is 10.2. The second-order valence-corrected chi connectivity index (χ2v) is 5.53. The molecule has 0 N–H and O–H groups in total. The van der Waals surface area contributed by atoms with Gasteiger partial charge in [0.15, 0.2) is 0 Å². The molecule has 3 aromatic rings. The third-order valence-corrected chi connectivity index (χ3v) is 4.11. The van der Waals surface area contributed by atoms with Gasteiger partial charge in [0.25, 0.3) is 5.89 Å². The molecule has 23 heavy (non-hydrogen) atoms. The summed E-state index contributed by atoms with van der Waals surface area (Å²) in [5, 5.41) is 4.64. The second kappa shape index (κ2) is 6.84. The van der Waals surface area contributed by atoms with Crippen molar-refractivity contribution in [3.63, 3.8) is 0 Å². The van der Waals surface area contributed by atoms with Crippen molar-refractivity contribution in [1.82, 2.24) is 10.1 Å². The van der Waals surface area contributed by atoms with Gasteiger partial charge in [-0.2, -0.15) is 4.98 Å². The van der Waals surface area contributed by atoms with Crippen LogP contribution in [-0.4, -0.2) is 23.2 Å². The molecule has 0 aliphatic rings. The van der Waals surface area contributed by atoms with Gasteiger partial charge in [0.05, 0.1) is 5.02 Å². The number of benzene rings is 2. The van der Waals surface area contributed by atoms with E-state index in [0.29, 0.717) is 16.7 Å². The Balaban J connectivity index is 1.87. The quantitative estimate of drug-likeness (QED) is 0.668. The predicted molar refractivity (Wildman–Crippen MR) is 93.7 cm³/mol. The zero-order valence-electron chi connectivity index (χ0n) is 13.2. The Bertz CT molecular complexity index is 779. The van der Waals surface area contributed by atoms with Crippen molar-refractivity contribution in [2.45, 2.75) is 13.8 Å². The fraction of sp³-hybridized carbons (Fsp3) is 0.222. The van der Waals surface area contributed by atoms with E-state index in [2.05, 4.69) is 41.0 Å². The Morgan fingerprint density at radius 1 is 1.00 bits per heavy atom. The van der Waals surface area contributed by atoms with Crippen LogP contribution in [0.4, 0.5) is 5.69 Å². The van der Waals surface area contributed by atoms with E-state index in [0.717, 1.165) is 24.2 Å². The fourth-order valence-corrected chi connectivity index (χ4v) is 2.72. The molecule has 4 nitrogen and oxygen atoms in total. The molecule has 0 saturated carbocycles. The van der Waals surface area contributed by atoms with E-state index < -0.39 is 0 Å². The molecule has 0 aliphatic carbocycles. The lowest BCUT2D eigenvalue weighted by Gasteiger charge is -2.20. The van der Waals surface area contributed by atoms with Crippen LogP contribution in [0.1, 0.15) is 13.8 Å².